The lowest BCUT2D eigenvalue weighted by atomic mass is 10.1. The molecule has 5 heteroatoms. The van der Waals surface area contributed by atoms with Crippen LogP contribution in [0.1, 0.15) is 34.0 Å². The molecule has 33 heavy (non-hydrogen) atoms. The van der Waals surface area contributed by atoms with E-state index in [0.717, 1.165) is 16.7 Å². The van der Waals surface area contributed by atoms with Crippen molar-refractivity contribution in [2.45, 2.75) is 20.5 Å². The van der Waals surface area contributed by atoms with E-state index in [2.05, 4.69) is 34.8 Å². The van der Waals surface area contributed by atoms with Crippen molar-refractivity contribution in [2.24, 2.45) is 5.10 Å². The van der Waals surface area contributed by atoms with Crippen molar-refractivity contribution in [1.29, 1.82) is 0 Å². The molecule has 4 aromatic carbocycles. The van der Waals surface area contributed by atoms with Crippen LogP contribution in [-0.4, -0.2) is 18.7 Å². The number of fused-ring (bicyclic) bond motifs is 1. The van der Waals surface area contributed by atoms with Gasteiger partial charge in [-0.05, 0) is 65.6 Å². The number of carbonyl (C=O) groups excluding carboxylic acids is 1. The van der Waals surface area contributed by atoms with E-state index in [1.165, 1.54) is 10.8 Å². The van der Waals surface area contributed by atoms with Gasteiger partial charge in [0.1, 0.15) is 6.61 Å². The van der Waals surface area contributed by atoms with Gasteiger partial charge >= 0.3 is 0 Å². The highest BCUT2D eigenvalue weighted by molar-refractivity contribution is 5.96. The molecule has 1 N–H and O–H groups in total. The average molecular weight is 439 g/mol. The van der Waals surface area contributed by atoms with Gasteiger partial charge in [-0.3, -0.25) is 4.79 Å². The van der Waals surface area contributed by atoms with Gasteiger partial charge in [-0.15, -0.1) is 0 Å². The second-order valence-corrected chi connectivity index (χ2v) is 7.58. The van der Waals surface area contributed by atoms with E-state index in [1.807, 2.05) is 68.4 Å². The van der Waals surface area contributed by atoms with Crippen LogP contribution in [-0.2, 0) is 6.61 Å². The van der Waals surface area contributed by atoms with Crippen LogP contribution in [0.4, 0.5) is 0 Å². The standard InChI is InChI=1S/C28H26N2O3/c1-3-32-27-17-21(18-29-30-28(31)24-13-6-4-9-20(24)2)15-16-26(27)33-19-23-12-8-11-22-10-5-7-14-25(22)23/h4-18H,3,19H2,1-2H3,(H,30,31)/b29-18+. The van der Waals surface area contributed by atoms with Crippen LogP contribution in [0.5, 0.6) is 11.5 Å². The normalized spacial score (nSPS) is 11.0. The van der Waals surface area contributed by atoms with E-state index < -0.39 is 0 Å². The molecule has 0 unspecified atom stereocenters. The third-order valence-electron chi connectivity index (χ3n) is 5.30. The lowest BCUT2D eigenvalue weighted by Gasteiger charge is -2.13. The lowest BCUT2D eigenvalue weighted by Crippen LogP contribution is -2.18. The van der Waals surface area contributed by atoms with E-state index in [4.69, 9.17) is 9.47 Å². The van der Waals surface area contributed by atoms with Gasteiger partial charge in [0.2, 0.25) is 0 Å². The van der Waals surface area contributed by atoms with Crippen molar-refractivity contribution in [2.75, 3.05) is 6.61 Å². The largest absolute Gasteiger partial charge is 0.490 e. The first-order chi connectivity index (χ1) is 16.2. The molecular formula is C28H26N2O3. The van der Waals surface area contributed by atoms with Crippen LogP contribution in [0.3, 0.4) is 0 Å². The van der Waals surface area contributed by atoms with Crippen molar-refractivity contribution in [3.63, 3.8) is 0 Å². The van der Waals surface area contributed by atoms with Gasteiger partial charge in [-0.1, -0.05) is 60.7 Å². The summed E-state index contributed by atoms with van der Waals surface area (Å²) >= 11 is 0. The molecule has 0 fully saturated rings. The first-order valence-electron chi connectivity index (χ1n) is 10.9. The van der Waals surface area contributed by atoms with E-state index in [1.54, 1.807) is 12.3 Å². The molecule has 1 amide bonds. The third-order valence-corrected chi connectivity index (χ3v) is 5.30. The van der Waals surface area contributed by atoms with Crippen molar-refractivity contribution in [3.8, 4) is 11.5 Å². The Morgan fingerprint density at radius 2 is 1.70 bits per heavy atom. The number of hydrazone groups is 1. The monoisotopic (exact) mass is 438 g/mol. The molecule has 0 spiro atoms. The quantitative estimate of drug-likeness (QED) is 0.276. The minimum Gasteiger partial charge on any atom is -0.490 e. The molecule has 0 aliphatic heterocycles. The van der Waals surface area contributed by atoms with E-state index >= 15 is 0 Å². The Hall–Kier alpha value is -4.12. The van der Waals surface area contributed by atoms with Crippen LogP contribution >= 0.6 is 0 Å². The van der Waals surface area contributed by atoms with Crippen LogP contribution < -0.4 is 14.9 Å². The fourth-order valence-electron chi connectivity index (χ4n) is 3.62. The number of aryl methyl sites for hydroxylation is 1. The van der Waals surface area contributed by atoms with E-state index in [-0.39, 0.29) is 5.91 Å². The van der Waals surface area contributed by atoms with Crippen LogP contribution in [0.2, 0.25) is 0 Å². The van der Waals surface area contributed by atoms with Crippen LogP contribution in [0, 0.1) is 6.92 Å². The maximum atomic E-state index is 12.3. The number of benzene rings is 4. The second kappa shape index (κ2) is 10.5. The predicted molar refractivity (Wildman–Crippen MR) is 132 cm³/mol. The van der Waals surface area contributed by atoms with Gasteiger partial charge < -0.3 is 9.47 Å². The topological polar surface area (TPSA) is 59.9 Å². The Kier molecular flexibility index (Phi) is 7.00. The summed E-state index contributed by atoms with van der Waals surface area (Å²) in [5.74, 6) is 1.04. The van der Waals surface area contributed by atoms with Crippen molar-refractivity contribution in [3.05, 3.63) is 107 Å². The van der Waals surface area contributed by atoms with Gasteiger partial charge in [-0.25, -0.2) is 5.43 Å². The molecule has 166 valence electrons. The van der Waals surface area contributed by atoms with Gasteiger partial charge in [-0.2, -0.15) is 5.10 Å². The Labute approximate surface area is 193 Å². The highest BCUT2D eigenvalue weighted by Crippen LogP contribution is 2.30. The number of ether oxygens (including phenoxy) is 2. The minimum atomic E-state index is -0.246. The molecule has 0 bridgehead atoms. The molecule has 0 atom stereocenters. The highest BCUT2D eigenvalue weighted by atomic mass is 16.5. The van der Waals surface area contributed by atoms with Gasteiger partial charge in [0, 0.05) is 5.56 Å². The molecule has 0 aromatic heterocycles. The van der Waals surface area contributed by atoms with Crippen molar-refractivity contribution >= 4 is 22.9 Å². The first kappa shape index (κ1) is 22.1. The highest BCUT2D eigenvalue weighted by Gasteiger charge is 2.09. The van der Waals surface area contributed by atoms with Crippen molar-refractivity contribution < 1.29 is 14.3 Å². The minimum absolute atomic E-state index is 0.246. The van der Waals surface area contributed by atoms with E-state index in [9.17, 15) is 4.79 Å². The smallest absolute Gasteiger partial charge is 0.271 e. The Morgan fingerprint density at radius 3 is 2.55 bits per heavy atom. The molecule has 4 aromatic rings. The molecule has 0 saturated carbocycles. The van der Waals surface area contributed by atoms with E-state index in [0.29, 0.717) is 30.3 Å². The number of hydrogen-bond donors (Lipinski definition) is 1. The number of rotatable bonds is 8. The van der Waals surface area contributed by atoms with Crippen LogP contribution in [0.15, 0.2) is 90.0 Å². The number of amides is 1. The van der Waals surface area contributed by atoms with Gasteiger partial charge in [0.05, 0.1) is 12.8 Å². The molecule has 0 saturated heterocycles. The average Bonchev–Trinajstić information content (AvgIpc) is 2.84. The van der Waals surface area contributed by atoms with Gasteiger partial charge in [0.15, 0.2) is 11.5 Å². The predicted octanol–water partition coefficient (Wildman–Crippen LogP) is 5.89. The zero-order chi connectivity index (χ0) is 23.0. The molecular weight excluding hydrogens is 412 g/mol. The zero-order valence-corrected chi connectivity index (χ0v) is 18.7. The summed E-state index contributed by atoms with van der Waals surface area (Å²) in [7, 11) is 0. The lowest BCUT2D eigenvalue weighted by molar-refractivity contribution is 0.0954. The summed E-state index contributed by atoms with van der Waals surface area (Å²) < 4.78 is 11.9. The number of hydrogen-bond acceptors (Lipinski definition) is 4. The molecule has 0 radical (unpaired) electrons. The third kappa shape index (κ3) is 5.39. The summed E-state index contributed by atoms with van der Waals surface area (Å²) in [5, 5.41) is 6.45. The Morgan fingerprint density at radius 1 is 0.909 bits per heavy atom. The summed E-state index contributed by atoms with van der Waals surface area (Å²) in [6, 6.07) is 27.4. The summed E-state index contributed by atoms with van der Waals surface area (Å²) in [6.07, 6.45) is 1.59. The molecule has 0 aliphatic rings. The molecule has 5 nitrogen and oxygen atoms in total. The fraction of sp³-hybridized carbons (Fsp3) is 0.143. The first-order valence-corrected chi connectivity index (χ1v) is 10.9. The SMILES string of the molecule is CCOc1cc(/C=N/NC(=O)c2ccccc2C)ccc1OCc1cccc2ccccc12. The van der Waals surface area contributed by atoms with Gasteiger partial charge in [0.25, 0.3) is 5.91 Å². The Balaban J connectivity index is 1.46. The molecule has 4 rings (SSSR count). The second-order valence-electron chi connectivity index (χ2n) is 7.58. The maximum Gasteiger partial charge on any atom is 0.271 e. The molecule has 0 heterocycles. The fourth-order valence-corrected chi connectivity index (χ4v) is 3.62. The number of nitrogens with one attached hydrogen (secondary N) is 1. The summed E-state index contributed by atoms with van der Waals surface area (Å²) in [6.45, 7) is 4.76. The number of carbonyl (C=O) groups is 1. The zero-order valence-electron chi connectivity index (χ0n) is 18.7. The summed E-state index contributed by atoms with van der Waals surface area (Å²) in [5.41, 5.74) is 5.98. The van der Waals surface area contributed by atoms with Crippen LogP contribution in [0.25, 0.3) is 10.8 Å². The number of nitrogens with zero attached hydrogens (tertiary/aromatic N) is 1. The summed E-state index contributed by atoms with van der Waals surface area (Å²) in [4.78, 5) is 12.3. The molecule has 0 aliphatic carbocycles. The Bertz CT molecular complexity index is 1290. The van der Waals surface area contributed by atoms with Crippen molar-refractivity contribution in [1.82, 2.24) is 5.43 Å². The maximum absolute atomic E-state index is 12.3.